The molecule has 1 aliphatic rings. The Labute approximate surface area is 106 Å². The number of fused-ring (bicyclic) bond motifs is 1. The zero-order chi connectivity index (χ0) is 11.7. The van der Waals surface area contributed by atoms with Gasteiger partial charge in [0, 0.05) is 11.9 Å². The van der Waals surface area contributed by atoms with Gasteiger partial charge in [0.25, 0.3) is 0 Å². The molecule has 2 nitrogen and oxygen atoms in total. The fraction of sp³-hybridized carbons (Fsp3) is 0.500. The number of nitrogens with one attached hydrogen (secondary N) is 1. The maximum absolute atomic E-state index is 4.47. The van der Waals surface area contributed by atoms with Crippen LogP contribution in [0.3, 0.4) is 0 Å². The predicted octanol–water partition coefficient (Wildman–Crippen LogP) is 4.29. The summed E-state index contributed by atoms with van der Waals surface area (Å²) in [5, 5.41) is 6.10. The van der Waals surface area contributed by atoms with Crippen molar-refractivity contribution in [2.24, 2.45) is 5.41 Å². The van der Waals surface area contributed by atoms with Gasteiger partial charge in [-0.3, -0.25) is 0 Å². The molecular formula is C14H18N2S. The maximum atomic E-state index is 4.47. The fourth-order valence-corrected chi connectivity index (χ4v) is 3.47. The molecule has 17 heavy (non-hydrogen) atoms. The van der Waals surface area contributed by atoms with E-state index in [0.29, 0.717) is 5.41 Å². The van der Waals surface area contributed by atoms with E-state index < -0.39 is 0 Å². The molecule has 1 fully saturated rings. The van der Waals surface area contributed by atoms with E-state index in [1.54, 1.807) is 11.5 Å². The molecule has 1 N–H and O–H groups in total. The average molecular weight is 246 g/mol. The van der Waals surface area contributed by atoms with Crippen molar-refractivity contribution in [3.05, 3.63) is 24.3 Å². The van der Waals surface area contributed by atoms with Crippen molar-refractivity contribution in [3.63, 3.8) is 0 Å². The molecule has 1 heterocycles. The van der Waals surface area contributed by atoms with Crippen molar-refractivity contribution >= 4 is 27.4 Å². The quantitative estimate of drug-likeness (QED) is 0.874. The fourth-order valence-electron chi connectivity index (χ4n) is 2.72. The summed E-state index contributed by atoms with van der Waals surface area (Å²) < 4.78 is 4.47. The molecule has 1 aliphatic carbocycles. The average Bonchev–Trinajstić information content (AvgIpc) is 2.94. The molecule has 0 spiro atoms. The second kappa shape index (κ2) is 4.30. The molecule has 90 valence electrons. The lowest BCUT2D eigenvalue weighted by atomic mass is 9.89. The van der Waals surface area contributed by atoms with E-state index >= 15 is 0 Å². The summed E-state index contributed by atoms with van der Waals surface area (Å²) >= 11 is 1.58. The van der Waals surface area contributed by atoms with Gasteiger partial charge >= 0.3 is 0 Å². The summed E-state index contributed by atoms with van der Waals surface area (Å²) in [5.74, 6) is 0. The van der Waals surface area contributed by atoms with Gasteiger partial charge in [0.05, 0.1) is 5.52 Å². The van der Waals surface area contributed by atoms with Crippen LogP contribution in [0.5, 0.6) is 0 Å². The van der Waals surface area contributed by atoms with Crippen LogP contribution in [0.2, 0.25) is 0 Å². The summed E-state index contributed by atoms with van der Waals surface area (Å²) in [4.78, 5) is 0. The largest absolute Gasteiger partial charge is 0.375 e. The van der Waals surface area contributed by atoms with Crippen molar-refractivity contribution in [1.82, 2.24) is 4.37 Å². The van der Waals surface area contributed by atoms with Crippen LogP contribution in [0.4, 0.5) is 5.00 Å². The molecule has 1 aromatic heterocycles. The summed E-state index contributed by atoms with van der Waals surface area (Å²) in [5.41, 5.74) is 1.60. The highest BCUT2D eigenvalue weighted by molar-refractivity contribution is 7.11. The minimum absolute atomic E-state index is 0.491. The van der Waals surface area contributed by atoms with Crippen LogP contribution in [0, 0.1) is 5.41 Å². The standard InChI is InChI=1S/C14H18N2S/c1-14(8-4-5-9-14)10-15-13-11-6-2-3-7-12(11)16-17-13/h2-3,6-7,15H,4-5,8-10H2,1H3. The smallest absolute Gasteiger partial charge is 0.117 e. The van der Waals surface area contributed by atoms with Gasteiger partial charge in [-0.15, -0.1) is 0 Å². The van der Waals surface area contributed by atoms with E-state index in [1.807, 2.05) is 6.07 Å². The molecule has 1 saturated carbocycles. The van der Waals surface area contributed by atoms with Gasteiger partial charge in [0.1, 0.15) is 5.00 Å². The van der Waals surface area contributed by atoms with Gasteiger partial charge in [-0.25, -0.2) is 0 Å². The van der Waals surface area contributed by atoms with Crippen LogP contribution in [-0.4, -0.2) is 10.9 Å². The molecule has 3 heteroatoms. The lowest BCUT2D eigenvalue weighted by Crippen LogP contribution is -2.22. The molecule has 0 atom stereocenters. The van der Waals surface area contributed by atoms with Crippen LogP contribution < -0.4 is 5.32 Å². The van der Waals surface area contributed by atoms with E-state index in [1.165, 1.54) is 36.1 Å². The lowest BCUT2D eigenvalue weighted by molar-refractivity contribution is 0.362. The first-order valence-corrected chi connectivity index (χ1v) is 7.13. The number of nitrogens with zero attached hydrogens (tertiary/aromatic N) is 1. The van der Waals surface area contributed by atoms with Gasteiger partial charge in [-0.2, -0.15) is 4.37 Å². The second-order valence-electron chi connectivity index (χ2n) is 5.40. The number of aromatic nitrogens is 1. The van der Waals surface area contributed by atoms with Gasteiger partial charge in [-0.05, 0) is 41.9 Å². The van der Waals surface area contributed by atoms with Crippen LogP contribution in [0.15, 0.2) is 24.3 Å². The van der Waals surface area contributed by atoms with Crippen molar-refractivity contribution in [2.45, 2.75) is 32.6 Å². The molecule has 0 radical (unpaired) electrons. The number of hydrogen-bond acceptors (Lipinski definition) is 3. The number of anilines is 1. The van der Waals surface area contributed by atoms with Gasteiger partial charge in [0.2, 0.25) is 0 Å². The molecule has 2 aromatic rings. The molecule has 1 aromatic carbocycles. The summed E-state index contributed by atoms with van der Waals surface area (Å²) in [6, 6.07) is 8.36. The Balaban J connectivity index is 1.76. The summed E-state index contributed by atoms with van der Waals surface area (Å²) in [6.45, 7) is 3.48. The molecule has 0 bridgehead atoms. The molecule has 0 saturated heterocycles. The van der Waals surface area contributed by atoms with E-state index in [9.17, 15) is 0 Å². The highest BCUT2D eigenvalue weighted by Crippen LogP contribution is 2.38. The van der Waals surface area contributed by atoms with Gasteiger partial charge in [0.15, 0.2) is 0 Å². The third-order valence-electron chi connectivity index (χ3n) is 3.87. The van der Waals surface area contributed by atoms with E-state index in [4.69, 9.17) is 0 Å². The second-order valence-corrected chi connectivity index (χ2v) is 6.17. The Morgan fingerprint density at radius 2 is 2.06 bits per heavy atom. The molecule has 0 amide bonds. The summed E-state index contributed by atoms with van der Waals surface area (Å²) in [7, 11) is 0. The Kier molecular flexibility index (Phi) is 2.79. The van der Waals surface area contributed by atoms with Gasteiger partial charge < -0.3 is 5.32 Å². The SMILES string of the molecule is CC1(CNc2snc3ccccc23)CCCC1. The van der Waals surface area contributed by atoms with E-state index in [-0.39, 0.29) is 0 Å². The molecule has 0 aliphatic heterocycles. The first kappa shape index (κ1) is 11.0. The first-order valence-electron chi connectivity index (χ1n) is 6.35. The van der Waals surface area contributed by atoms with Crippen LogP contribution in [0.25, 0.3) is 10.9 Å². The minimum atomic E-state index is 0.491. The Hall–Kier alpha value is -1.09. The highest BCUT2D eigenvalue weighted by atomic mass is 32.1. The molecular weight excluding hydrogens is 228 g/mol. The predicted molar refractivity (Wildman–Crippen MR) is 74.7 cm³/mol. The lowest BCUT2D eigenvalue weighted by Gasteiger charge is -2.23. The topological polar surface area (TPSA) is 24.9 Å². The van der Waals surface area contributed by atoms with Gasteiger partial charge in [-0.1, -0.05) is 31.9 Å². The highest BCUT2D eigenvalue weighted by Gasteiger charge is 2.28. The minimum Gasteiger partial charge on any atom is -0.375 e. The zero-order valence-electron chi connectivity index (χ0n) is 10.2. The maximum Gasteiger partial charge on any atom is 0.117 e. The van der Waals surface area contributed by atoms with E-state index in [2.05, 4.69) is 34.8 Å². The number of rotatable bonds is 3. The summed E-state index contributed by atoms with van der Waals surface area (Å²) in [6.07, 6.45) is 5.50. The molecule has 0 unspecified atom stereocenters. The van der Waals surface area contributed by atoms with Crippen LogP contribution in [-0.2, 0) is 0 Å². The van der Waals surface area contributed by atoms with Crippen LogP contribution in [0.1, 0.15) is 32.6 Å². The number of benzene rings is 1. The Morgan fingerprint density at radius 3 is 2.88 bits per heavy atom. The van der Waals surface area contributed by atoms with Crippen molar-refractivity contribution in [1.29, 1.82) is 0 Å². The normalized spacial score (nSPS) is 18.6. The van der Waals surface area contributed by atoms with Crippen molar-refractivity contribution in [3.8, 4) is 0 Å². The van der Waals surface area contributed by atoms with Crippen molar-refractivity contribution < 1.29 is 0 Å². The molecule has 3 rings (SSSR count). The Morgan fingerprint density at radius 1 is 1.29 bits per heavy atom. The van der Waals surface area contributed by atoms with E-state index in [0.717, 1.165) is 12.1 Å². The van der Waals surface area contributed by atoms with Crippen molar-refractivity contribution in [2.75, 3.05) is 11.9 Å². The monoisotopic (exact) mass is 246 g/mol. The Bertz CT molecular complexity index is 512. The first-order chi connectivity index (χ1) is 8.27. The third-order valence-corrected chi connectivity index (χ3v) is 4.71. The third kappa shape index (κ3) is 2.16. The van der Waals surface area contributed by atoms with Crippen LogP contribution >= 0.6 is 11.5 Å². The number of hydrogen-bond donors (Lipinski definition) is 1. The zero-order valence-corrected chi connectivity index (χ0v) is 11.0.